The van der Waals surface area contributed by atoms with Gasteiger partial charge in [-0.25, -0.2) is 4.98 Å². The molecule has 0 unspecified atom stereocenters. The van der Waals surface area contributed by atoms with E-state index in [0.717, 1.165) is 11.4 Å². The molecule has 0 amide bonds. The first-order valence-corrected chi connectivity index (χ1v) is 5.18. The highest BCUT2D eigenvalue weighted by atomic mass is 32.1. The number of hydrogen-bond donors (Lipinski definition) is 1. The summed E-state index contributed by atoms with van der Waals surface area (Å²) in [5.41, 5.74) is 3.93. The maximum Gasteiger partial charge on any atom is 0.121 e. The molecule has 1 N–H and O–H groups in total. The first kappa shape index (κ1) is 9.06. The molecule has 0 aliphatic heterocycles. The fraction of sp³-hybridized carbons (Fsp3) is 0. The van der Waals surface area contributed by atoms with Crippen molar-refractivity contribution in [1.29, 1.82) is 5.26 Å². The molecule has 2 aromatic heterocycles. The van der Waals surface area contributed by atoms with Crippen molar-refractivity contribution >= 4 is 23.6 Å². The number of nitriles is 1. The summed E-state index contributed by atoms with van der Waals surface area (Å²) in [6, 6.07) is 5.53. The molecule has 68 valence electrons. The van der Waals surface area contributed by atoms with Crippen LogP contribution in [0, 0.1) is 16.0 Å². The summed E-state index contributed by atoms with van der Waals surface area (Å²) in [6.07, 6.45) is 0. The predicted octanol–water partition coefficient (Wildman–Crippen LogP) is 2.74. The fourth-order valence-corrected chi connectivity index (χ4v) is 1.83. The van der Waals surface area contributed by atoms with E-state index in [4.69, 9.17) is 17.5 Å². The lowest BCUT2D eigenvalue weighted by atomic mass is 10.2. The molecule has 0 saturated carbocycles. The molecule has 0 aliphatic rings. The Kier molecular flexibility index (Phi) is 2.39. The maximum absolute atomic E-state index is 8.69. The van der Waals surface area contributed by atoms with E-state index >= 15 is 0 Å². The van der Waals surface area contributed by atoms with Crippen molar-refractivity contribution in [3.8, 4) is 17.5 Å². The van der Waals surface area contributed by atoms with Gasteiger partial charge in [0.25, 0.3) is 0 Å². The van der Waals surface area contributed by atoms with Gasteiger partial charge in [-0.2, -0.15) is 5.26 Å². The van der Waals surface area contributed by atoms with E-state index in [1.54, 1.807) is 11.6 Å². The molecule has 0 aliphatic carbocycles. The van der Waals surface area contributed by atoms with Crippen molar-refractivity contribution in [2.45, 2.75) is 0 Å². The van der Waals surface area contributed by atoms with Crippen LogP contribution in [0.5, 0.6) is 0 Å². The minimum Gasteiger partial charge on any atom is -0.344 e. The third-order valence-corrected chi connectivity index (χ3v) is 2.65. The minimum absolute atomic E-state index is 0.456. The number of aromatic amines is 1. The summed E-state index contributed by atoms with van der Waals surface area (Å²) in [5, 5.41) is 10.6. The van der Waals surface area contributed by atoms with Crippen molar-refractivity contribution in [3.05, 3.63) is 33.2 Å². The average molecular weight is 219 g/mol. The first-order chi connectivity index (χ1) is 6.81. The zero-order chi connectivity index (χ0) is 9.97. The van der Waals surface area contributed by atoms with Gasteiger partial charge in [-0.3, -0.25) is 0 Å². The molecule has 2 aromatic rings. The fourth-order valence-electron chi connectivity index (χ4n) is 1.06. The Labute approximate surface area is 89.7 Å². The predicted molar refractivity (Wildman–Crippen MR) is 57.4 cm³/mol. The van der Waals surface area contributed by atoms with E-state index in [1.165, 1.54) is 11.3 Å². The van der Waals surface area contributed by atoms with Crippen molar-refractivity contribution in [2.75, 3.05) is 0 Å². The molecule has 0 radical (unpaired) electrons. The molecule has 0 atom stereocenters. The van der Waals surface area contributed by atoms with Gasteiger partial charge in [0.15, 0.2) is 0 Å². The number of hydrogen-bond acceptors (Lipinski definition) is 4. The van der Waals surface area contributed by atoms with Crippen LogP contribution in [0.25, 0.3) is 11.4 Å². The molecule has 3 nitrogen and oxygen atoms in total. The third-order valence-electron chi connectivity index (χ3n) is 1.74. The Morgan fingerprint density at radius 2 is 2.36 bits per heavy atom. The van der Waals surface area contributed by atoms with Crippen LogP contribution < -0.4 is 0 Å². The molecule has 2 rings (SSSR count). The number of H-pyrrole nitrogens is 1. The Balaban J connectivity index is 2.55. The summed E-state index contributed by atoms with van der Waals surface area (Å²) in [5.74, 6) is 0. The maximum atomic E-state index is 8.69. The summed E-state index contributed by atoms with van der Waals surface area (Å²) in [4.78, 5) is 7.11. The zero-order valence-corrected chi connectivity index (χ0v) is 8.65. The lowest BCUT2D eigenvalue weighted by molar-refractivity contribution is 1.24. The normalized spacial score (nSPS) is 9.64. The van der Waals surface area contributed by atoms with Crippen LogP contribution in [0.15, 0.2) is 23.0 Å². The second-order valence-electron chi connectivity index (χ2n) is 2.60. The SMILES string of the molecule is N#Cc1ccc(-c2cscn2)[nH]c1=S. The second-order valence-corrected chi connectivity index (χ2v) is 3.73. The van der Waals surface area contributed by atoms with Gasteiger partial charge in [0.1, 0.15) is 10.7 Å². The van der Waals surface area contributed by atoms with Crippen LogP contribution in [0.3, 0.4) is 0 Å². The van der Waals surface area contributed by atoms with Crippen LogP contribution in [0.4, 0.5) is 0 Å². The lowest BCUT2D eigenvalue weighted by Gasteiger charge is -1.97. The molecule has 0 bridgehead atoms. The van der Waals surface area contributed by atoms with Gasteiger partial charge in [-0.05, 0) is 12.1 Å². The van der Waals surface area contributed by atoms with Crippen molar-refractivity contribution in [1.82, 2.24) is 9.97 Å². The quantitative estimate of drug-likeness (QED) is 0.750. The molecule has 0 saturated heterocycles. The van der Waals surface area contributed by atoms with E-state index < -0.39 is 0 Å². The summed E-state index contributed by atoms with van der Waals surface area (Å²) < 4.78 is 0.456. The summed E-state index contributed by atoms with van der Waals surface area (Å²) >= 11 is 6.53. The number of nitrogens with zero attached hydrogens (tertiary/aromatic N) is 2. The second kappa shape index (κ2) is 3.70. The molecule has 14 heavy (non-hydrogen) atoms. The molecule has 2 heterocycles. The van der Waals surface area contributed by atoms with Crippen LogP contribution in [0.1, 0.15) is 5.56 Å². The van der Waals surface area contributed by atoms with Gasteiger partial charge in [-0.15, -0.1) is 11.3 Å². The number of nitrogens with one attached hydrogen (secondary N) is 1. The number of pyridine rings is 1. The Hall–Kier alpha value is -1.51. The van der Waals surface area contributed by atoms with Crippen molar-refractivity contribution in [3.63, 3.8) is 0 Å². The smallest absolute Gasteiger partial charge is 0.121 e. The Morgan fingerprint density at radius 3 is 2.93 bits per heavy atom. The van der Waals surface area contributed by atoms with Gasteiger partial charge in [-0.1, -0.05) is 12.2 Å². The van der Waals surface area contributed by atoms with Crippen molar-refractivity contribution in [2.24, 2.45) is 0 Å². The summed E-state index contributed by atoms with van der Waals surface area (Å²) in [7, 11) is 0. The topological polar surface area (TPSA) is 52.5 Å². The van der Waals surface area contributed by atoms with Crippen LogP contribution in [0.2, 0.25) is 0 Å². The van der Waals surface area contributed by atoms with E-state index in [1.807, 2.05) is 17.5 Å². The molecular formula is C9H5N3S2. The van der Waals surface area contributed by atoms with E-state index in [0.29, 0.717) is 10.2 Å². The number of thiazole rings is 1. The number of rotatable bonds is 1. The van der Waals surface area contributed by atoms with Gasteiger partial charge >= 0.3 is 0 Å². The molecule has 0 spiro atoms. The summed E-state index contributed by atoms with van der Waals surface area (Å²) in [6.45, 7) is 0. The van der Waals surface area contributed by atoms with Gasteiger partial charge in [0.05, 0.1) is 22.5 Å². The van der Waals surface area contributed by atoms with E-state index in [2.05, 4.69) is 9.97 Å². The van der Waals surface area contributed by atoms with Gasteiger partial charge in [0, 0.05) is 5.38 Å². The van der Waals surface area contributed by atoms with Crippen LogP contribution in [-0.4, -0.2) is 9.97 Å². The Bertz CT molecular complexity index is 534. The van der Waals surface area contributed by atoms with E-state index in [-0.39, 0.29) is 0 Å². The highest BCUT2D eigenvalue weighted by Gasteiger charge is 2.01. The third kappa shape index (κ3) is 1.58. The Morgan fingerprint density at radius 1 is 1.50 bits per heavy atom. The largest absolute Gasteiger partial charge is 0.344 e. The first-order valence-electron chi connectivity index (χ1n) is 3.83. The van der Waals surface area contributed by atoms with Crippen molar-refractivity contribution < 1.29 is 0 Å². The standard InChI is InChI=1S/C9H5N3S2/c10-3-6-1-2-7(12-9(6)13)8-4-14-5-11-8/h1-2,4-5H,(H,12,13). The van der Waals surface area contributed by atoms with Gasteiger partial charge < -0.3 is 4.98 Å². The highest BCUT2D eigenvalue weighted by molar-refractivity contribution is 7.71. The van der Waals surface area contributed by atoms with Crippen LogP contribution >= 0.6 is 23.6 Å². The monoisotopic (exact) mass is 219 g/mol. The van der Waals surface area contributed by atoms with Gasteiger partial charge in [0.2, 0.25) is 0 Å². The highest BCUT2D eigenvalue weighted by Crippen LogP contribution is 2.16. The lowest BCUT2D eigenvalue weighted by Crippen LogP contribution is -1.86. The van der Waals surface area contributed by atoms with E-state index in [9.17, 15) is 0 Å². The van der Waals surface area contributed by atoms with Crippen LogP contribution in [-0.2, 0) is 0 Å². The molecule has 5 heteroatoms. The molecular weight excluding hydrogens is 214 g/mol. The molecule has 0 aromatic carbocycles. The number of aromatic nitrogens is 2. The molecule has 0 fully saturated rings. The zero-order valence-electron chi connectivity index (χ0n) is 7.02. The minimum atomic E-state index is 0.456. The average Bonchev–Trinajstić information content (AvgIpc) is 2.70.